The summed E-state index contributed by atoms with van der Waals surface area (Å²) in [5, 5.41) is 4.75. The van der Waals surface area contributed by atoms with E-state index in [9.17, 15) is 4.39 Å². The second-order valence-electron chi connectivity index (χ2n) is 8.09. The number of imidazole rings is 1. The average Bonchev–Trinajstić information content (AvgIpc) is 3.38. The number of hydrogen-bond acceptors (Lipinski definition) is 3. The number of halogens is 1. The number of benzene rings is 2. The summed E-state index contributed by atoms with van der Waals surface area (Å²) in [4.78, 5) is 9.04. The van der Waals surface area contributed by atoms with Gasteiger partial charge in [-0.2, -0.15) is 5.10 Å². The minimum atomic E-state index is -0.216. The van der Waals surface area contributed by atoms with E-state index >= 15 is 0 Å². The molecule has 3 heterocycles. The van der Waals surface area contributed by atoms with Crippen molar-refractivity contribution in [2.45, 2.75) is 39.2 Å². The highest BCUT2D eigenvalue weighted by atomic mass is 19.1. The molecular formula is C25H24FN5. The normalized spacial score (nSPS) is 16.0. The van der Waals surface area contributed by atoms with E-state index in [1.54, 1.807) is 0 Å². The van der Waals surface area contributed by atoms with E-state index in [4.69, 9.17) is 10.1 Å². The van der Waals surface area contributed by atoms with Crippen molar-refractivity contribution in [3.63, 3.8) is 0 Å². The number of rotatable bonds is 4. The molecule has 0 fully saturated rings. The lowest BCUT2D eigenvalue weighted by atomic mass is 9.98. The zero-order valence-electron chi connectivity index (χ0n) is 17.7. The summed E-state index contributed by atoms with van der Waals surface area (Å²) in [5.74, 6) is 1.48. The first-order valence-electron chi connectivity index (χ1n) is 10.6. The van der Waals surface area contributed by atoms with Crippen LogP contribution in [0.1, 0.15) is 52.9 Å². The lowest BCUT2D eigenvalue weighted by molar-refractivity contribution is 0.411. The number of fused-ring (bicyclic) bond motifs is 1. The predicted octanol–water partition coefficient (Wildman–Crippen LogP) is 5.32. The van der Waals surface area contributed by atoms with Crippen molar-refractivity contribution >= 4 is 12.2 Å². The van der Waals surface area contributed by atoms with Crippen molar-refractivity contribution in [1.82, 2.24) is 24.3 Å². The summed E-state index contributed by atoms with van der Waals surface area (Å²) in [7, 11) is 0. The highest BCUT2D eigenvalue weighted by molar-refractivity contribution is 5.68. The molecule has 6 heteroatoms. The van der Waals surface area contributed by atoms with Gasteiger partial charge >= 0.3 is 0 Å². The molecule has 0 amide bonds. The summed E-state index contributed by atoms with van der Waals surface area (Å²) in [5.41, 5.74) is 5.46. The molecule has 2 aromatic carbocycles. The van der Waals surface area contributed by atoms with Crippen LogP contribution in [-0.2, 0) is 6.42 Å². The third kappa shape index (κ3) is 3.93. The van der Waals surface area contributed by atoms with Crippen LogP contribution in [0.4, 0.5) is 4.39 Å². The molecule has 31 heavy (non-hydrogen) atoms. The van der Waals surface area contributed by atoms with Gasteiger partial charge in [0.1, 0.15) is 11.6 Å². The summed E-state index contributed by atoms with van der Waals surface area (Å²) in [6, 6.07) is 13.2. The van der Waals surface area contributed by atoms with E-state index in [1.165, 1.54) is 17.7 Å². The molecule has 1 aliphatic heterocycles. The molecule has 0 bridgehead atoms. The Morgan fingerprint density at radius 3 is 2.65 bits per heavy atom. The fourth-order valence-electron chi connectivity index (χ4n) is 4.23. The highest BCUT2D eigenvalue weighted by Crippen LogP contribution is 2.30. The van der Waals surface area contributed by atoms with E-state index < -0.39 is 0 Å². The van der Waals surface area contributed by atoms with Gasteiger partial charge < -0.3 is 4.57 Å². The molecule has 1 atom stereocenters. The first-order chi connectivity index (χ1) is 15.1. The Morgan fingerprint density at radius 1 is 1.06 bits per heavy atom. The van der Waals surface area contributed by atoms with Gasteiger partial charge in [0.15, 0.2) is 5.82 Å². The Labute approximate surface area is 180 Å². The minimum absolute atomic E-state index is 0.110. The standard InChI is InChI=1S/C25H24FN5/c1-17-14-19(6-12-22(17)30-15-18(2)27-16-30)7-13-24-28-25-5-3-4-23(31(25)29-24)20-8-10-21(26)11-9-20/h6-16,23H,3-5H2,1-2H3/b13-7+/t23-/m0/s1. The van der Waals surface area contributed by atoms with Gasteiger partial charge in [-0.15, -0.1) is 0 Å². The van der Waals surface area contributed by atoms with Gasteiger partial charge in [0.2, 0.25) is 0 Å². The number of aryl methyl sites for hydroxylation is 3. The highest BCUT2D eigenvalue weighted by Gasteiger charge is 2.24. The van der Waals surface area contributed by atoms with Crippen LogP contribution in [0.3, 0.4) is 0 Å². The SMILES string of the molecule is Cc1cn(-c2ccc(/C=C/c3nc4n(n3)[C@H](c3ccc(F)cc3)CCC4)cc2C)cn1. The van der Waals surface area contributed by atoms with Crippen molar-refractivity contribution in [2.75, 3.05) is 0 Å². The van der Waals surface area contributed by atoms with Gasteiger partial charge in [0, 0.05) is 18.3 Å². The topological polar surface area (TPSA) is 48.5 Å². The Hall–Kier alpha value is -3.54. The molecule has 2 aromatic heterocycles. The van der Waals surface area contributed by atoms with Gasteiger partial charge in [0.25, 0.3) is 0 Å². The fourth-order valence-corrected chi connectivity index (χ4v) is 4.23. The summed E-state index contributed by atoms with van der Waals surface area (Å²) >= 11 is 0. The second kappa shape index (κ2) is 7.95. The van der Waals surface area contributed by atoms with E-state index in [2.05, 4.69) is 30.1 Å². The van der Waals surface area contributed by atoms with Crippen LogP contribution in [0.25, 0.3) is 17.8 Å². The minimum Gasteiger partial charge on any atom is -0.306 e. The van der Waals surface area contributed by atoms with Crippen LogP contribution in [-0.4, -0.2) is 24.3 Å². The summed E-state index contributed by atoms with van der Waals surface area (Å²) < 4.78 is 17.4. The smallest absolute Gasteiger partial charge is 0.174 e. The fraction of sp³-hybridized carbons (Fsp3) is 0.240. The molecule has 5 nitrogen and oxygen atoms in total. The van der Waals surface area contributed by atoms with Crippen LogP contribution in [0.5, 0.6) is 0 Å². The molecule has 1 aliphatic rings. The zero-order valence-corrected chi connectivity index (χ0v) is 17.7. The van der Waals surface area contributed by atoms with E-state index in [0.717, 1.165) is 47.6 Å². The molecule has 0 spiro atoms. The maximum Gasteiger partial charge on any atom is 0.174 e. The van der Waals surface area contributed by atoms with Crippen molar-refractivity contribution in [1.29, 1.82) is 0 Å². The lowest BCUT2D eigenvalue weighted by Gasteiger charge is -2.23. The van der Waals surface area contributed by atoms with Gasteiger partial charge in [-0.25, -0.2) is 19.0 Å². The van der Waals surface area contributed by atoms with Gasteiger partial charge in [-0.3, -0.25) is 0 Å². The Bertz CT molecular complexity index is 1250. The molecular weight excluding hydrogens is 389 g/mol. The molecule has 0 saturated heterocycles. The lowest BCUT2D eigenvalue weighted by Crippen LogP contribution is -2.20. The van der Waals surface area contributed by atoms with Crippen molar-refractivity contribution in [3.8, 4) is 5.69 Å². The van der Waals surface area contributed by atoms with Crippen LogP contribution >= 0.6 is 0 Å². The van der Waals surface area contributed by atoms with Crippen molar-refractivity contribution < 1.29 is 4.39 Å². The van der Waals surface area contributed by atoms with Crippen LogP contribution in [0.15, 0.2) is 55.0 Å². The maximum absolute atomic E-state index is 13.3. The Morgan fingerprint density at radius 2 is 1.90 bits per heavy atom. The monoisotopic (exact) mass is 413 g/mol. The zero-order chi connectivity index (χ0) is 21.4. The van der Waals surface area contributed by atoms with Crippen LogP contribution < -0.4 is 0 Å². The van der Waals surface area contributed by atoms with Crippen molar-refractivity contribution in [2.24, 2.45) is 0 Å². The van der Waals surface area contributed by atoms with E-state index in [1.807, 2.05) is 53.0 Å². The molecule has 0 radical (unpaired) electrons. The maximum atomic E-state index is 13.3. The van der Waals surface area contributed by atoms with Gasteiger partial charge in [0.05, 0.1) is 18.1 Å². The summed E-state index contributed by atoms with van der Waals surface area (Å²) in [6.07, 6.45) is 10.8. The largest absolute Gasteiger partial charge is 0.306 e. The molecule has 4 aromatic rings. The number of hydrogen-bond donors (Lipinski definition) is 0. The molecule has 0 aliphatic carbocycles. The van der Waals surface area contributed by atoms with Crippen LogP contribution in [0, 0.1) is 19.7 Å². The van der Waals surface area contributed by atoms with Crippen molar-refractivity contribution in [3.05, 3.63) is 94.8 Å². The van der Waals surface area contributed by atoms with E-state index in [0.29, 0.717) is 5.82 Å². The second-order valence-corrected chi connectivity index (χ2v) is 8.09. The molecule has 0 saturated carbocycles. The first kappa shape index (κ1) is 19.4. The molecule has 156 valence electrons. The molecule has 5 rings (SSSR count). The average molecular weight is 414 g/mol. The molecule has 0 N–H and O–H groups in total. The molecule has 0 unspecified atom stereocenters. The first-order valence-corrected chi connectivity index (χ1v) is 10.6. The van der Waals surface area contributed by atoms with Crippen LogP contribution in [0.2, 0.25) is 0 Å². The van der Waals surface area contributed by atoms with E-state index in [-0.39, 0.29) is 11.9 Å². The number of aromatic nitrogens is 5. The predicted molar refractivity (Wildman–Crippen MR) is 119 cm³/mol. The number of nitrogens with zero attached hydrogens (tertiary/aromatic N) is 5. The van der Waals surface area contributed by atoms with Gasteiger partial charge in [-0.1, -0.05) is 24.3 Å². The third-order valence-corrected chi connectivity index (χ3v) is 5.78. The Kier molecular flexibility index (Phi) is 4.98. The van der Waals surface area contributed by atoms with Gasteiger partial charge in [-0.05, 0) is 73.7 Å². The quantitative estimate of drug-likeness (QED) is 0.455. The summed E-state index contributed by atoms with van der Waals surface area (Å²) in [6.45, 7) is 4.09. The third-order valence-electron chi connectivity index (χ3n) is 5.78. The Balaban J connectivity index is 1.38.